The molecule has 2 aromatic heterocycles. The van der Waals surface area contributed by atoms with Gasteiger partial charge in [0.25, 0.3) is 5.56 Å². The van der Waals surface area contributed by atoms with Gasteiger partial charge in [-0.05, 0) is 62.7 Å². The van der Waals surface area contributed by atoms with Crippen LogP contribution in [0.5, 0.6) is 0 Å². The Labute approximate surface area is 141 Å². The van der Waals surface area contributed by atoms with Gasteiger partial charge in [-0.3, -0.25) is 9.69 Å². The summed E-state index contributed by atoms with van der Waals surface area (Å²) >= 11 is 0. The van der Waals surface area contributed by atoms with Gasteiger partial charge in [-0.25, -0.2) is 14.6 Å². The van der Waals surface area contributed by atoms with Crippen molar-refractivity contribution < 1.29 is 0 Å². The Morgan fingerprint density at radius 1 is 1.21 bits per heavy atom. The fourth-order valence-corrected chi connectivity index (χ4v) is 3.78. The van der Waals surface area contributed by atoms with E-state index in [0.29, 0.717) is 5.92 Å². The Morgan fingerprint density at radius 2 is 2.08 bits per heavy atom. The first kappa shape index (κ1) is 15.4. The zero-order valence-electron chi connectivity index (χ0n) is 13.9. The molecule has 6 heteroatoms. The van der Waals surface area contributed by atoms with E-state index < -0.39 is 0 Å². The van der Waals surface area contributed by atoms with E-state index in [2.05, 4.69) is 20.0 Å². The van der Waals surface area contributed by atoms with Gasteiger partial charge >= 0.3 is 0 Å². The van der Waals surface area contributed by atoms with Crippen LogP contribution in [-0.4, -0.2) is 37.7 Å². The first-order valence-electron chi connectivity index (χ1n) is 8.85. The van der Waals surface area contributed by atoms with Gasteiger partial charge in [-0.15, -0.1) is 0 Å². The molecule has 24 heavy (non-hydrogen) atoms. The molecule has 2 aromatic rings. The Balaban J connectivity index is 1.34. The predicted molar refractivity (Wildman–Crippen MR) is 90.6 cm³/mol. The average Bonchev–Trinajstić information content (AvgIpc) is 3.05. The normalized spacial score (nSPS) is 18.7. The fraction of sp³-hybridized carbons (Fsp3) is 0.556. The van der Waals surface area contributed by atoms with Crippen LogP contribution < -0.4 is 5.56 Å². The summed E-state index contributed by atoms with van der Waals surface area (Å²) in [6, 6.07) is 3.78. The van der Waals surface area contributed by atoms with Crippen molar-refractivity contribution in [2.45, 2.75) is 45.2 Å². The van der Waals surface area contributed by atoms with Crippen LogP contribution in [0.15, 0.2) is 29.5 Å². The number of nitrogens with zero attached hydrogens (tertiary/aromatic N) is 5. The summed E-state index contributed by atoms with van der Waals surface area (Å²) in [5.41, 5.74) is 3.44. The Kier molecular flexibility index (Phi) is 4.38. The standard InChI is InChI=1S/C18H23N5O/c24-18-10-15-2-1-3-17(15)21-23(18)11-14-5-8-22(9-6-14)12-16-4-7-19-13-20-16/h4,7,10,13-14H,1-3,5-6,8-9,11-12H2. The van der Waals surface area contributed by atoms with Crippen molar-refractivity contribution in [1.29, 1.82) is 0 Å². The van der Waals surface area contributed by atoms with Crippen molar-refractivity contribution in [3.05, 3.63) is 52.0 Å². The second-order valence-corrected chi connectivity index (χ2v) is 6.91. The third-order valence-corrected chi connectivity index (χ3v) is 5.19. The highest BCUT2D eigenvalue weighted by Crippen LogP contribution is 2.21. The first-order chi connectivity index (χ1) is 11.8. The molecule has 0 saturated carbocycles. The summed E-state index contributed by atoms with van der Waals surface area (Å²) in [6.45, 7) is 3.74. The van der Waals surface area contributed by atoms with E-state index in [4.69, 9.17) is 0 Å². The topological polar surface area (TPSA) is 63.9 Å². The lowest BCUT2D eigenvalue weighted by Crippen LogP contribution is -2.36. The van der Waals surface area contributed by atoms with Crippen LogP contribution in [0.2, 0.25) is 0 Å². The van der Waals surface area contributed by atoms with Gasteiger partial charge in [0.2, 0.25) is 0 Å². The van der Waals surface area contributed by atoms with Crippen LogP contribution in [0.4, 0.5) is 0 Å². The molecule has 0 N–H and O–H groups in total. The summed E-state index contributed by atoms with van der Waals surface area (Å²) in [5, 5.41) is 4.61. The molecule has 0 atom stereocenters. The lowest BCUT2D eigenvalue weighted by molar-refractivity contribution is 0.162. The van der Waals surface area contributed by atoms with Gasteiger partial charge in [0.05, 0.1) is 11.4 Å². The molecule has 0 unspecified atom stereocenters. The Hall–Kier alpha value is -2.08. The second-order valence-electron chi connectivity index (χ2n) is 6.91. The van der Waals surface area contributed by atoms with Gasteiger partial charge in [0, 0.05) is 25.4 Å². The molecule has 4 rings (SSSR count). The molecule has 1 saturated heterocycles. The lowest BCUT2D eigenvalue weighted by atomic mass is 9.96. The Morgan fingerprint density at radius 3 is 2.88 bits per heavy atom. The molecular formula is C18H23N5O. The highest BCUT2D eigenvalue weighted by molar-refractivity contribution is 5.22. The molecule has 6 nitrogen and oxygen atoms in total. The van der Waals surface area contributed by atoms with Crippen molar-refractivity contribution in [1.82, 2.24) is 24.6 Å². The zero-order valence-corrected chi connectivity index (χ0v) is 13.9. The third-order valence-electron chi connectivity index (χ3n) is 5.19. The van der Waals surface area contributed by atoms with Crippen LogP contribution in [0.1, 0.15) is 36.2 Å². The van der Waals surface area contributed by atoms with Crippen molar-refractivity contribution in [3.8, 4) is 0 Å². The van der Waals surface area contributed by atoms with Crippen LogP contribution in [0.3, 0.4) is 0 Å². The number of aryl methyl sites for hydroxylation is 2. The van der Waals surface area contributed by atoms with Gasteiger partial charge in [0.1, 0.15) is 6.33 Å². The number of aromatic nitrogens is 4. The summed E-state index contributed by atoms with van der Waals surface area (Å²) in [5.74, 6) is 0.538. The number of rotatable bonds is 4. The number of piperidine rings is 1. The molecule has 1 aliphatic carbocycles. The average molecular weight is 325 g/mol. The highest BCUT2D eigenvalue weighted by Gasteiger charge is 2.22. The van der Waals surface area contributed by atoms with E-state index in [1.165, 1.54) is 0 Å². The maximum absolute atomic E-state index is 12.2. The van der Waals surface area contributed by atoms with E-state index in [0.717, 1.165) is 75.2 Å². The lowest BCUT2D eigenvalue weighted by Gasteiger charge is -2.31. The minimum absolute atomic E-state index is 0.0686. The van der Waals surface area contributed by atoms with E-state index in [1.807, 2.05) is 6.07 Å². The van der Waals surface area contributed by atoms with Gasteiger partial charge < -0.3 is 0 Å². The molecule has 126 valence electrons. The van der Waals surface area contributed by atoms with E-state index in [9.17, 15) is 4.79 Å². The van der Waals surface area contributed by atoms with E-state index in [1.54, 1.807) is 23.3 Å². The molecule has 0 amide bonds. The van der Waals surface area contributed by atoms with E-state index >= 15 is 0 Å². The summed E-state index contributed by atoms with van der Waals surface area (Å²) < 4.78 is 1.70. The fourth-order valence-electron chi connectivity index (χ4n) is 3.78. The number of fused-ring (bicyclic) bond motifs is 1. The molecule has 0 radical (unpaired) electrons. The zero-order chi connectivity index (χ0) is 16.4. The summed E-state index contributed by atoms with van der Waals surface area (Å²) in [7, 11) is 0. The van der Waals surface area contributed by atoms with Crippen molar-refractivity contribution in [2.24, 2.45) is 5.92 Å². The first-order valence-corrected chi connectivity index (χ1v) is 8.85. The summed E-state index contributed by atoms with van der Waals surface area (Å²) in [4.78, 5) is 22.9. The quantitative estimate of drug-likeness (QED) is 0.851. The molecule has 2 aliphatic rings. The molecule has 0 bridgehead atoms. The number of hydrogen-bond donors (Lipinski definition) is 0. The number of hydrogen-bond acceptors (Lipinski definition) is 5. The predicted octanol–water partition coefficient (Wildman–Crippen LogP) is 1.43. The molecule has 3 heterocycles. The van der Waals surface area contributed by atoms with Crippen molar-refractivity contribution >= 4 is 0 Å². The second kappa shape index (κ2) is 6.81. The minimum atomic E-state index is 0.0686. The number of likely N-dealkylation sites (tertiary alicyclic amines) is 1. The van der Waals surface area contributed by atoms with Crippen molar-refractivity contribution in [3.63, 3.8) is 0 Å². The molecule has 0 spiro atoms. The Bertz CT molecular complexity index is 750. The monoisotopic (exact) mass is 325 g/mol. The van der Waals surface area contributed by atoms with Gasteiger partial charge in [-0.1, -0.05) is 0 Å². The molecule has 1 fully saturated rings. The van der Waals surface area contributed by atoms with Crippen LogP contribution >= 0.6 is 0 Å². The van der Waals surface area contributed by atoms with E-state index in [-0.39, 0.29) is 5.56 Å². The highest BCUT2D eigenvalue weighted by atomic mass is 16.1. The summed E-state index contributed by atoms with van der Waals surface area (Å²) in [6.07, 6.45) is 8.78. The van der Waals surface area contributed by atoms with Crippen LogP contribution in [-0.2, 0) is 25.9 Å². The smallest absolute Gasteiger partial charge is 0.267 e. The largest absolute Gasteiger partial charge is 0.297 e. The SMILES string of the molecule is O=c1cc2c(nn1CC1CCN(Cc3ccncn3)CC1)CCC2. The minimum Gasteiger partial charge on any atom is -0.297 e. The maximum atomic E-state index is 12.2. The maximum Gasteiger partial charge on any atom is 0.267 e. The van der Waals surface area contributed by atoms with Crippen LogP contribution in [0, 0.1) is 5.92 Å². The van der Waals surface area contributed by atoms with Gasteiger partial charge in [0.15, 0.2) is 0 Å². The van der Waals surface area contributed by atoms with Crippen molar-refractivity contribution in [2.75, 3.05) is 13.1 Å². The van der Waals surface area contributed by atoms with Crippen LogP contribution in [0.25, 0.3) is 0 Å². The molecule has 0 aromatic carbocycles. The molecule has 1 aliphatic heterocycles. The third kappa shape index (κ3) is 3.38. The van der Waals surface area contributed by atoms with Gasteiger partial charge in [-0.2, -0.15) is 5.10 Å². The molecular weight excluding hydrogens is 302 g/mol.